The lowest BCUT2D eigenvalue weighted by Gasteiger charge is -2.35. The van der Waals surface area contributed by atoms with Crippen molar-refractivity contribution in [3.05, 3.63) is 75.3 Å². The van der Waals surface area contributed by atoms with Crippen LogP contribution in [0.15, 0.2) is 63.5 Å². The van der Waals surface area contributed by atoms with Crippen LogP contribution in [-0.2, 0) is 16.4 Å². The summed E-state index contributed by atoms with van der Waals surface area (Å²) in [5.41, 5.74) is 2.34. The molecule has 2 aromatic heterocycles. The second kappa shape index (κ2) is 5.87. The molecule has 3 heterocycles. The summed E-state index contributed by atoms with van der Waals surface area (Å²) in [5.74, 6) is 0. The lowest BCUT2D eigenvalue weighted by atomic mass is 9.93. The fourth-order valence-electron chi connectivity index (χ4n) is 3.07. The Balaban J connectivity index is 1.87. The molecule has 23 heavy (non-hydrogen) atoms. The zero-order valence-corrected chi connectivity index (χ0v) is 14.7. The van der Waals surface area contributed by atoms with Crippen LogP contribution in [0.5, 0.6) is 0 Å². The maximum Gasteiger partial charge on any atom is 0.253 e. The molecule has 0 amide bonds. The van der Waals surface area contributed by atoms with Crippen LogP contribution in [0.2, 0.25) is 0 Å². The van der Waals surface area contributed by atoms with Gasteiger partial charge in [0.25, 0.3) is 10.0 Å². The summed E-state index contributed by atoms with van der Waals surface area (Å²) >= 11 is 2.89. The fourth-order valence-corrected chi connectivity index (χ4v) is 6.70. The van der Waals surface area contributed by atoms with Crippen LogP contribution in [0.3, 0.4) is 0 Å². The molecular formula is C17H15NO2S3. The van der Waals surface area contributed by atoms with Crippen molar-refractivity contribution in [3.8, 4) is 0 Å². The van der Waals surface area contributed by atoms with Gasteiger partial charge in [-0.2, -0.15) is 4.31 Å². The molecule has 0 radical (unpaired) electrons. The molecule has 1 unspecified atom stereocenters. The van der Waals surface area contributed by atoms with E-state index in [1.54, 1.807) is 27.8 Å². The van der Waals surface area contributed by atoms with Gasteiger partial charge in [-0.05, 0) is 40.4 Å². The van der Waals surface area contributed by atoms with E-state index in [4.69, 9.17) is 0 Å². The number of thiophene rings is 2. The number of sulfonamides is 1. The van der Waals surface area contributed by atoms with Crippen molar-refractivity contribution in [2.45, 2.75) is 16.7 Å². The highest BCUT2D eigenvalue weighted by Crippen LogP contribution is 2.40. The Hall–Kier alpha value is -1.47. The van der Waals surface area contributed by atoms with E-state index >= 15 is 0 Å². The number of rotatable bonds is 3. The maximum atomic E-state index is 13.1. The van der Waals surface area contributed by atoms with Crippen LogP contribution < -0.4 is 0 Å². The van der Waals surface area contributed by atoms with Crippen molar-refractivity contribution in [2.75, 3.05) is 6.54 Å². The van der Waals surface area contributed by atoms with E-state index in [1.165, 1.54) is 16.9 Å². The van der Waals surface area contributed by atoms with E-state index in [0.29, 0.717) is 10.8 Å². The van der Waals surface area contributed by atoms with E-state index in [9.17, 15) is 8.42 Å². The highest BCUT2D eigenvalue weighted by Gasteiger charge is 2.38. The van der Waals surface area contributed by atoms with Crippen molar-refractivity contribution in [1.82, 2.24) is 4.31 Å². The summed E-state index contributed by atoms with van der Waals surface area (Å²) in [6, 6.07) is 15.4. The molecule has 0 fully saturated rings. The average Bonchev–Trinajstić information content (AvgIpc) is 3.27. The smallest absolute Gasteiger partial charge is 0.206 e. The van der Waals surface area contributed by atoms with Gasteiger partial charge in [0.05, 0.1) is 6.04 Å². The minimum absolute atomic E-state index is 0.230. The van der Waals surface area contributed by atoms with Crippen molar-refractivity contribution in [3.63, 3.8) is 0 Å². The van der Waals surface area contributed by atoms with Gasteiger partial charge < -0.3 is 0 Å². The van der Waals surface area contributed by atoms with E-state index in [2.05, 4.69) is 12.1 Å². The number of nitrogens with zero attached hydrogens (tertiary/aromatic N) is 1. The van der Waals surface area contributed by atoms with E-state index in [1.807, 2.05) is 35.0 Å². The minimum Gasteiger partial charge on any atom is -0.206 e. The molecule has 1 aliphatic heterocycles. The Morgan fingerprint density at radius 2 is 1.74 bits per heavy atom. The van der Waals surface area contributed by atoms with Crippen LogP contribution in [0.1, 0.15) is 22.0 Å². The van der Waals surface area contributed by atoms with Crippen molar-refractivity contribution in [2.24, 2.45) is 0 Å². The molecule has 1 aromatic carbocycles. The summed E-state index contributed by atoms with van der Waals surface area (Å²) in [5, 5.41) is 3.81. The third-order valence-corrected chi connectivity index (χ3v) is 8.27. The molecule has 4 rings (SSSR count). The lowest BCUT2D eigenvalue weighted by molar-refractivity contribution is 0.348. The first kappa shape index (κ1) is 15.1. The van der Waals surface area contributed by atoms with Gasteiger partial charge in [-0.25, -0.2) is 8.42 Å². The van der Waals surface area contributed by atoms with E-state index < -0.39 is 10.0 Å². The van der Waals surface area contributed by atoms with Gasteiger partial charge in [-0.3, -0.25) is 0 Å². The van der Waals surface area contributed by atoms with Gasteiger partial charge in [0.1, 0.15) is 4.21 Å². The van der Waals surface area contributed by atoms with Crippen molar-refractivity contribution in [1.29, 1.82) is 0 Å². The molecule has 0 saturated carbocycles. The standard InChI is InChI=1S/C17H15NO2S3/c19-23(20,16-8-4-12-22-16)18-10-9-13-5-1-2-6-14(13)17(18)15-7-3-11-21-15/h1-8,11-12,17H,9-10H2. The normalized spacial score (nSPS) is 18.7. The monoisotopic (exact) mass is 361 g/mol. The Morgan fingerprint density at radius 1 is 0.957 bits per heavy atom. The Labute approximate surface area is 143 Å². The number of hydrogen-bond donors (Lipinski definition) is 0. The second-order valence-corrected chi connectivity index (χ2v) is 9.46. The Kier molecular flexibility index (Phi) is 3.85. The van der Waals surface area contributed by atoms with Crippen LogP contribution >= 0.6 is 22.7 Å². The summed E-state index contributed by atoms with van der Waals surface area (Å²) in [7, 11) is -3.48. The molecular weight excluding hydrogens is 346 g/mol. The van der Waals surface area contributed by atoms with Gasteiger partial charge in [-0.15, -0.1) is 22.7 Å². The lowest BCUT2D eigenvalue weighted by Crippen LogP contribution is -2.39. The Morgan fingerprint density at radius 3 is 2.48 bits per heavy atom. The van der Waals surface area contributed by atoms with Crippen LogP contribution in [0, 0.1) is 0 Å². The number of fused-ring (bicyclic) bond motifs is 1. The van der Waals surface area contributed by atoms with Gasteiger partial charge >= 0.3 is 0 Å². The summed E-state index contributed by atoms with van der Waals surface area (Å²) < 4.78 is 28.3. The largest absolute Gasteiger partial charge is 0.253 e. The molecule has 118 valence electrons. The first-order valence-electron chi connectivity index (χ1n) is 7.34. The molecule has 0 N–H and O–H groups in total. The fraction of sp³-hybridized carbons (Fsp3) is 0.176. The zero-order chi connectivity index (χ0) is 15.9. The highest BCUT2D eigenvalue weighted by atomic mass is 32.2. The van der Waals surface area contributed by atoms with Gasteiger partial charge in [0.2, 0.25) is 0 Å². The maximum absolute atomic E-state index is 13.1. The average molecular weight is 362 g/mol. The van der Waals surface area contributed by atoms with Gasteiger partial charge in [-0.1, -0.05) is 36.4 Å². The second-order valence-electron chi connectivity index (χ2n) is 5.41. The molecule has 0 saturated heterocycles. The molecule has 1 aliphatic rings. The molecule has 3 aromatic rings. The molecule has 6 heteroatoms. The minimum atomic E-state index is -3.48. The third kappa shape index (κ3) is 2.55. The SMILES string of the molecule is O=S(=O)(c1cccs1)N1CCc2ccccc2C1c1cccs1. The molecule has 3 nitrogen and oxygen atoms in total. The number of hydrogen-bond acceptors (Lipinski definition) is 4. The zero-order valence-electron chi connectivity index (χ0n) is 12.3. The molecule has 0 bridgehead atoms. The molecule has 0 aliphatic carbocycles. The van der Waals surface area contributed by atoms with Crippen LogP contribution in [0.25, 0.3) is 0 Å². The highest BCUT2D eigenvalue weighted by molar-refractivity contribution is 7.91. The Bertz CT molecular complexity index is 899. The third-order valence-electron chi connectivity index (χ3n) is 4.11. The predicted octanol–water partition coefficient (Wildman–Crippen LogP) is 4.15. The number of benzene rings is 1. The topological polar surface area (TPSA) is 37.4 Å². The summed E-state index contributed by atoms with van der Waals surface area (Å²) in [6.45, 7) is 0.514. The quantitative estimate of drug-likeness (QED) is 0.703. The van der Waals surface area contributed by atoms with Gasteiger partial charge in [0, 0.05) is 11.4 Å². The van der Waals surface area contributed by atoms with Crippen molar-refractivity contribution >= 4 is 32.7 Å². The van der Waals surface area contributed by atoms with Crippen molar-refractivity contribution < 1.29 is 8.42 Å². The summed E-state index contributed by atoms with van der Waals surface area (Å²) in [4.78, 5) is 1.07. The first-order chi connectivity index (χ1) is 11.2. The van der Waals surface area contributed by atoms with Crippen LogP contribution in [-0.4, -0.2) is 19.3 Å². The summed E-state index contributed by atoms with van der Waals surface area (Å²) in [6.07, 6.45) is 0.753. The first-order valence-corrected chi connectivity index (χ1v) is 10.5. The molecule has 1 atom stereocenters. The van der Waals surface area contributed by atoms with E-state index in [-0.39, 0.29) is 6.04 Å². The predicted molar refractivity (Wildman–Crippen MR) is 94.5 cm³/mol. The van der Waals surface area contributed by atoms with Gasteiger partial charge in [0.15, 0.2) is 0 Å². The van der Waals surface area contributed by atoms with Crippen LogP contribution in [0.4, 0.5) is 0 Å². The van der Waals surface area contributed by atoms with E-state index in [0.717, 1.165) is 16.9 Å². The molecule has 0 spiro atoms.